The number of hydrogen-bond acceptors (Lipinski definition) is 6. The summed E-state index contributed by atoms with van der Waals surface area (Å²) in [4.78, 5) is 25.4. The second kappa shape index (κ2) is 9.91. The Balaban J connectivity index is 1.82. The van der Waals surface area contributed by atoms with Crippen LogP contribution >= 0.6 is 12.2 Å². The predicted octanol–water partition coefficient (Wildman–Crippen LogP) is 2.87. The molecule has 1 aliphatic rings. The highest BCUT2D eigenvalue weighted by molar-refractivity contribution is 7.80. The zero-order chi connectivity index (χ0) is 24.3. The lowest BCUT2D eigenvalue weighted by atomic mass is 10.0. The molecule has 176 valence electrons. The number of thiocarbonyl (C=S) groups is 1. The van der Waals surface area contributed by atoms with Gasteiger partial charge in [-0.3, -0.25) is 14.3 Å². The Morgan fingerprint density at radius 2 is 2.00 bits per heavy atom. The van der Waals surface area contributed by atoms with Crippen molar-refractivity contribution in [2.24, 2.45) is 0 Å². The van der Waals surface area contributed by atoms with E-state index in [1.807, 2.05) is 32.0 Å². The fourth-order valence-electron chi connectivity index (χ4n) is 3.62. The third-order valence-electron chi connectivity index (χ3n) is 5.21. The highest BCUT2D eigenvalue weighted by Crippen LogP contribution is 2.32. The zero-order valence-electron chi connectivity index (χ0n) is 17.8. The maximum absolute atomic E-state index is 13.1. The Morgan fingerprint density at radius 1 is 1.33 bits per heavy atom. The molecule has 7 nitrogen and oxygen atoms in total. The molecule has 0 amide bonds. The van der Waals surface area contributed by atoms with Gasteiger partial charge in [-0.25, -0.2) is 4.79 Å². The molecule has 0 aliphatic carbocycles. The maximum atomic E-state index is 13.1. The molecular weight excluding hydrogens is 461 g/mol. The van der Waals surface area contributed by atoms with Crippen LogP contribution in [-0.4, -0.2) is 40.0 Å². The Labute approximate surface area is 192 Å². The minimum Gasteiger partial charge on any atom is -0.480 e. The quantitative estimate of drug-likeness (QED) is 0.504. The fraction of sp³-hybridized carbons (Fsp3) is 0.409. The van der Waals surface area contributed by atoms with Crippen molar-refractivity contribution < 1.29 is 27.4 Å². The summed E-state index contributed by atoms with van der Waals surface area (Å²) >= 11 is 5.40. The van der Waals surface area contributed by atoms with Crippen LogP contribution in [0.2, 0.25) is 0 Å². The van der Waals surface area contributed by atoms with Crippen LogP contribution in [0.25, 0.3) is 0 Å². The predicted molar refractivity (Wildman–Crippen MR) is 117 cm³/mol. The summed E-state index contributed by atoms with van der Waals surface area (Å²) in [5.74, 6) is 2.31. The Hall–Kier alpha value is -2.94. The maximum Gasteiger partial charge on any atom is 0.423 e. The molecule has 0 bridgehead atoms. The first-order valence-corrected chi connectivity index (χ1v) is 10.3. The van der Waals surface area contributed by atoms with Crippen molar-refractivity contribution in [1.82, 2.24) is 9.55 Å². The SMILES string of the molecule is C#CCO[C@H]1C[C@H](n2cc(C(F)(F)F)c(=O)[nH]c2=O)O[C@@H]1COC(=S)c1c(C)cccc1C. The highest BCUT2D eigenvalue weighted by atomic mass is 32.1. The molecule has 0 unspecified atom stereocenters. The van der Waals surface area contributed by atoms with Gasteiger partial charge in [0.2, 0.25) is 0 Å². The highest BCUT2D eigenvalue weighted by Gasteiger charge is 2.40. The number of H-pyrrole nitrogens is 1. The van der Waals surface area contributed by atoms with Gasteiger partial charge in [-0.2, -0.15) is 13.2 Å². The molecule has 1 saturated heterocycles. The summed E-state index contributed by atoms with van der Waals surface area (Å²) in [6, 6.07) is 5.67. The van der Waals surface area contributed by atoms with E-state index in [-0.39, 0.29) is 24.7 Å². The van der Waals surface area contributed by atoms with Gasteiger partial charge >= 0.3 is 11.9 Å². The van der Waals surface area contributed by atoms with E-state index in [0.717, 1.165) is 16.7 Å². The monoisotopic (exact) mass is 482 g/mol. The number of hydrogen-bond donors (Lipinski definition) is 1. The van der Waals surface area contributed by atoms with Crippen LogP contribution in [0.1, 0.15) is 34.9 Å². The number of benzene rings is 1. The minimum absolute atomic E-state index is 0.00904. The van der Waals surface area contributed by atoms with Crippen molar-refractivity contribution in [3.63, 3.8) is 0 Å². The van der Waals surface area contributed by atoms with Crippen LogP contribution in [0.15, 0.2) is 34.0 Å². The Bertz CT molecular complexity index is 1180. The van der Waals surface area contributed by atoms with Gasteiger partial charge in [0.25, 0.3) is 5.56 Å². The molecule has 0 spiro atoms. The number of alkyl halides is 3. The first-order valence-electron chi connectivity index (χ1n) is 9.89. The number of halogens is 3. The lowest BCUT2D eigenvalue weighted by Crippen LogP contribution is -2.36. The average molecular weight is 482 g/mol. The van der Waals surface area contributed by atoms with Crippen LogP contribution in [0.3, 0.4) is 0 Å². The topological polar surface area (TPSA) is 82.6 Å². The van der Waals surface area contributed by atoms with Crippen LogP contribution in [-0.2, 0) is 20.4 Å². The van der Waals surface area contributed by atoms with E-state index >= 15 is 0 Å². The lowest BCUT2D eigenvalue weighted by molar-refractivity contribution is -0.139. The molecule has 3 rings (SSSR count). The van der Waals surface area contributed by atoms with E-state index in [9.17, 15) is 22.8 Å². The summed E-state index contributed by atoms with van der Waals surface area (Å²) in [5, 5.41) is 0.230. The number of ether oxygens (including phenoxy) is 3. The number of rotatable bonds is 6. The number of aromatic nitrogens is 2. The molecule has 0 saturated carbocycles. The molecule has 2 heterocycles. The first-order chi connectivity index (χ1) is 15.5. The number of nitrogens with zero attached hydrogens (tertiary/aromatic N) is 1. The second-order valence-corrected chi connectivity index (χ2v) is 7.86. The Kier molecular flexibility index (Phi) is 7.41. The van der Waals surface area contributed by atoms with E-state index in [1.54, 1.807) is 4.98 Å². The van der Waals surface area contributed by atoms with Gasteiger partial charge in [0, 0.05) is 18.2 Å². The number of terminal acetylenes is 1. The van der Waals surface area contributed by atoms with Gasteiger partial charge in [-0.05, 0) is 37.2 Å². The average Bonchev–Trinajstić information content (AvgIpc) is 3.12. The molecule has 0 radical (unpaired) electrons. The molecule has 11 heteroatoms. The molecule has 1 aliphatic heterocycles. The number of aryl methyl sites for hydroxylation is 2. The van der Waals surface area contributed by atoms with E-state index in [1.165, 1.54) is 0 Å². The smallest absolute Gasteiger partial charge is 0.423 e. The lowest BCUT2D eigenvalue weighted by Gasteiger charge is -2.20. The molecule has 2 aromatic rings. The van der Waals surface area contributed by atoms with Crippen LogP contribution < -0.4 is 11.2 Å². The molecule has 33 heavy (non-hydrogen) atoms. The second-order valence-electron chi connectivity index (χ2n) is 7.49. The van der Waals surface area contributed by atoms with E-state index in [2.05, 4.69) is 5.92 Å². The normalized spacial score (nSPS) is 20.4. The van der Waals surface area contributed by atoms with Crippen molar-refractivity contribution in [1.29, 1.82) is 0 Å². The molecule has 1 aromatic heterocycles. The van der Waals surface area contributed by atoms with Crippen LogP contribution in [0.4, 0.5) is 13.2 Å². The molecule has 1 fully saturated rings. The molecular formula is C22H21F3N2O5S. The van der Waals surface area contributed by atoms with E-state index in [4.69, 9.17) is 32.9 Å². The molecule has 1 aromatic carbocycles. The molecule has 3 atom stereocenters. The van der Waals surface area contributed by atoms with Gasteiger partial charge in [0.05, 0.1) is 6.10 Å². The number of nitrogens with one attached hydrogen (secondary N) is 1. The first kappa shape index (κ1) is 24.7. The Morgan fingerprint density at radius 3 is 2.61 bits per heavy atom. The van der Waals surface area contributed by atoms with Crippen molar-refractivity contribution >= 4 is 17.3 Å². The van der Waals surface area contributed by atoms with Crippen LogP contribution in [0, 0.1) is 26.2 Å². The minimum atomic E-state index is -4.94. The van der Waals surface area contributed by atoms with Gasteiger partial charge in [0.1, 0.15) is 31.1 Å². The van der Waals surface area contributed by atoms with Crippen molar-refractivity contribution in [2.45, 2.75) is 44.9 Å². The fourth-order valence-corrected chi connectivity index (χ4v) is 4.01. The van der Waals surface area contributed by atoms with E-state index in [0.29, 0.717) is 10.8 Å². The van der Waals surface area contributed by atoms with Crippen LogP contribution in [0.5, 0.6) is 0 Å². The van der Waals surface area contributed by atoms with Gasteiger partial charge < -0.3 is 14.2 Å². The third-order valence-corrected chi connectivity index (χ3v) is 5.53. The standard InChI is InChI=1S/C22H21F3N2O5S/c1-4-8-30-15-9-17(27-10-14(22(23,24)25)19(28)26-21(27)29)32-16(15)11-31-20(33)18-12(2)6-5-7-13(18)3/h1,5-7,10,15-17H,8-9,11H2,2-3H3,(H,26,28,29)/t15-,16+,17+/m0/s1. The van der Waals surface area contributed by atoms with Crippen molar-refractivity contribution in [2.75, 3.05) is 13.2 Å². The van der Waals surface area contributed by atoms with Crippen molar-refractivity contribution in [3.05, 3.63) is 67.5 Å². The summed E-state index contributed by atoms with van der Waals surface area (Å²) in [7, 11) is 0. The van der Waals surface area contributed by atoms with Gasteiger partial charge in [-0.1, -0.05) is 24.1 Å². The third kappa shape index (κ3) is 5.52. The summed E-state index contributed by atoms with van der Waals surface area (Å²) in [6.45, 7) is 3.62. The molecule has 1 N–H and O–H groups in total. The summed E-state index contributed by atoms with van der Waals surface area (Å²) < 4.78 is 57.2. The van der Waals surface area contributed by atoms with Gasteiger partial charge in [-0.15, -0.1) is 6.42 Å². The number of aromatic amines is 1. The van der Waals surface area contributed by atoms with Gasteiger partial charge in [0.15, 0.2) is 5.05 Å². The largest absolute Gasteiger partial charge is 0.480 e. The summed E-state index contributed by atoms with van der Waals surface area (Å²) in [5.41, 5.74) is -1.48. The van der Waals surface area contributed by atoms with E-state index < -0.39 is 41.4 Å². The zero-order valence-corrected chi connectivity index (χ0v) is 18.6. The summed E-state index contributed by atoms with van der Waals surface area (Å²) in [6.07, 6.45) is -1.84. The van der Waals surface area contributed by atoms with Crippen molar-refractivity contribution in [3.8, 4) is 12.3 Å².